The summed E-state index contributed by atoms with van der Waals surface area (Å²) >= 11 is 7.53. The lowest BCUT2D eigenvalue weighted by Crippen LogP contribution is -2.30. The standard InChI is InChI=1S/C23H22ClNO3S2/c24-20-7-4-17(5-8-20)23(19-10-12-29-15-19)25-22(26)11-13-30(27,28)21-9-6-16-2-1-3-18(16)14-21/h4-10,12,14-15,23H,1-3,11,13H2,(H,25,26). The Balaban J connectivity index is 1.45. The van der Waals surface area contributed by atoms with Crippen LogP contribution >= 0.6 is 22.9 Å². The van der Waals surface area contributed by atoms with Gasteiger partial charge in [0.25, 0.3) is 0 Å². The van der Waals surface area contributed by atoms with Gasteiger partial charge < -0.3 is 5.32 Å². The number of benzene rings is 2. The second-order valence-corrected chi connectivity index (χ2v) is 10.8. The maximum Gasteiger partial charge on any atom is 0.221 e. The van der Waals surface area contributed by atoms with Crippen molar-refractivity contribution in [1.82, 2.24) is 5.32 Å². The fourth-order valence-electron chi connectivity index (χ4n) is 3.77. The lowest BCUT2D eigenvalue weighted by atomic mass is 10.0. The molecule has 3 aromatic rings. The van der Waals surface area contributed by atoms with Crippen molar-refractivity contribution in [2.24, 2.45) is 0 Å². The topological polar surface area (TPSA) is 63.2 Å². The van der Waals surface area contributed by atoms with Gasteiger partial charge in [-0.05, 0) is 82.6 Å². The van der Waals surface area contributed by atoms with Gasteiger partial charge in [0.1, 0.15) is 0 Å². The number of carbonyl (C=O) groups is 1. The van der Waals surface area contributed by atoms with Crippen molar-refractivity contribution < 1.29 is 13.2 Å². The predicted octanol–water partition coefficient (Wildman–Crippen LogP) is 4.96. The number of sulfone groups is 1. The predicted molar refractivity (Wildman–Crippen MR) is 121 cm³/mol. The number of aryl methyl sites for hydroxylation is 2. The summed E-state index contributed by atoms with van der Waals surface area (Å²) in [5, 5.41) is 7.52. The molecular formula is C23H22ClNO3S2. The summed E-state index contributed by atoms with van der Waals surface area (Å²) in [4.78, 5) is 13.0. The molecule has 0 saturated carbocycles. The Hall–Kier alpha value is -2.15. The Morgan fingerprint density at radius 3 is 2.53 bits per heavy atom. The molecule has 1 atom stereocenters. The van der Waals surface area contributed by atoms with Crippen molar-refractivity contribution in [3.05, 3.63) is 86.6 Å². The number of nitrogens with one attached hydrogen (secondary N) is 1. The molecule has 1 heterocycles. The van der Waals surface area contributed by atoms with Gasteiger partial charge in [-0.25, -0.2) is 8.42 Å². The number of rotatable bonds is 7. The molecule has 156 valence electrons. The minimum Gasteiger partial charge on any atom is -0.345 e. The van der Waals surface area contributed by atoms with E-state index in [1.807, 2.05) is 35.0 Å². The Morgan fingerprint density at radius 2 is 1.80 bits per heavy atom. The highest BCUT2D eigenvalue weighted by molar-refractivity contribution is 7.91. The number of fused-ring (bicyclic) bond motifs is 1. The monoisotopic (exact) mass is 459 g/mol. The van der Waals surface area contributed by atoms with Crippen molar-refractivity contribution in [2.45, 2.75) is 36.6 Å². The van der Waals surface area contributed by atoms with E-state index in [2.05, 4.69) is 5.32 Å². The van der Waals surface area contributed by atoms with Gasteiger partial charge in [-0.2, -0.15) is 11.3 Å². The van der Waals surface area contributed by atoms with E-state index < -0.39 is 9.84 Å². The van der Waals surface area contributed by atoms with E-state index in [-0.39, 0.29) is 24.1 Å². The Bertz CT molecular complexity index is 1140. The number of thiophene rings is 1. The maximum atomic E-state index is 12.8. The second kappa shape index (κ2) is 8.92. The van der Waals surface area contributed by atoms with E-state index >= 15 is 0 Å². The van der Waals surface area contributed by atoms with Crippen molar-refractivity contribution >= 4 is 38.7 Å². The number of halogens is 1. The minimum atomic E-state index is -3.51. The molecule has 4 rings (SSSR count). The Kier molecular flexibility index (Phi) is 6.27. The first-order chi connectivity index (χ1) is 14.4. The zero-order valence-electron chi connectivity index (χ0n) is 16.3. The van der Waals surface area contributed by atoms with Gasteiger partial charge in [-0.3, -0.25) is 4.79 Å². The molecule has 0 radical (unpaired) electrons. The van der Waals surface area contributed by atoms with Crippen LogP contribution in [0.25, 0.3) is 0 Å². The molecule has 0 bridgehead atoms. The van der Waals surface area contributed by atoms with Crippen LogP contribution in [0.5, 0.6) is 0 Å². The Labute approximate surface area is 185 Å². The molecule has 1 unspecified atom stereocenters. The molecule has 0 fully saturated rings. The summed E-state index contributed by atoms with van der Waals surface area (Å²) in [6.45, 7) is 0. The van der Waals surface area contributed by atoms with Crippen molar-refractivity contribution in [2.75, 3.05) is 5.75 Å². The third kappa shape index (κ3) is 4.77. The van der Waals surface area contributed by atoms with Crippen molar-refractivity contribution in [1.29, 1.82) is 0 Å². The van der Waals surface area contributed by atoms with E-state index in [0.29, 0.717) is 9.92 Å². The summed E-state index contributed by atoms with van der Waals surface area (Å²) in [5.74, 6) is -0.514. The fraction of sp³-hybridized carbons (Fsp3) is 0.261. The second-order valence-electron chi connectivity index (χ2n) is 7.46. The first kappa shape index (κ1) is 21.1. The SMILES string of the molecule is O=C(CCS(=O)(=O)c1ccc2c(c1)CCC2)NC(c1ccc(Cl)cc1)c1ccsc1. The summed E-state index contributed by atoms with van der Waals surface area (Å²) in [6, 6.07) is 14.2. The van der Waals surface area contributed by atoms with Crippen LogP contribution in [-0.4, -0.2) is 20.1 Å². The van der Waals surface area contributed by atoms with Crippen LogP contribution in [0.2, 0.25) is 5.02 Å². The quantitative estimate of drug-likeness (QED) is 0.543. The van der Waals surface area contributed by atoms with E-state index in [1.165, 1.54) is 5.56 Å². The van der Waals surface area contributed by atoms with E-state index in [1.54, 1.807) is 35.6 Å². The zero-order chi connectivity index (χ0) is 21.1. The summed E-state index contributed by atoms with van der Waals surface area (Å²) < 4.78 is 25.5. The lowest BCUT2D eigenvalue weighted by Gasteiger charge is -2.19. The summed E-state index contributed by atoms with van der Waals surface area (Å²) in [5.41, 5.74) is 4.19. The first-order valence-electron chi connectivity index (χ1n) is 9.84. The highest BCUT2D eigenvalue weighted by Crippen LogP contribution is 2.27. The normalized spacial score (nSPS) is 14.3. The molecule has 2 aromatic carbocycles. The largest absolute Gasteiger partial charge is 0.345 e. The molecule has 0 saturated heterocycles. The zero-order valence-corrected chi connectivity index (χ0v) is 18.7. The van der Waals surface area contributed by atoms with Gasteiger partial charge in [0, 0.05) is 11.4 Å². The average molecular weight is 460 g/mol. The number of carbonyl (C=O) groups excluding carboxylic acids is 1. The van der Waals surface area contributed by atoms with Gasteiger partial charge in [0.2, 0.25) is 5.91 Å². The highest BCUT2D eigenvalue weighted by atomic mass is 35.5. The van der Waals surface area contributed by atoms with Gasteiger partial charge in [0.05, 0.1) is 16.7 Å². The minimum absolute atomic E-state index is 0.0896. The van der Waals surface area contributed by atoms with E-state index in [0.717, 1.165) is 36.0 Å². The molecule has 1 amide bonds. The number of hydrogen-bond acceptors (Lipinski definition) is 4. The molecule has 1 N–H and O–H groups in total. The third-order valence-electron chi connectivity index (χ3n) is 5.41. The molecule has 4 nitrogen and oxygen atoms in total. The fourth-order valence-corrected chi connectivity index (χ4v) is 5.87. The van der Waals surface area contributed by atoms with Crippen LogP contribution in [0.15, 0.2) is 64.2 Å². The molecule has 0 aliphatic heterocycles. The van der Waals surface area contributed by atoms with Crippen molar-refractivity contribution in [3.63, 3.8) is 0 Å². The van der Waals surface area contributed by atoms with E-state index in [4.69, 9.17) is 11.6 Å². The van der Waals surface area contributed by atoms with Crippen LogP contribution in [0.1, 0.15) is 41.1 Å². The number of hydrogen-bond donors (Lipinski definition) is 1. The first-order valence-corrected chi connectivity index (χ1v) is 12.8. The summed E-state index contributed by atoms with van der Waals surface area (Å²) in [7, 11) is -3.51. The third-order valence-corrected chi connectivity index (χ3v) is 8.08. The van der Waals surface area contributed by atoms with Crippen LogP contribution in [0.3, 0.4) is 0 Å². The molecule has 30 heavy (non-hydrogen) atoms. The molecule has 1 aromatic heterocycles. The van der Waals surface area contributed by atoms with Crippen LogP contribution in [0.4, 0.5) is 0 Å². The molecule has 0 spiro atoms. The van der Waals surface area contributed by atoms with Gasteiger partial charge in [-0.15, -0.1) is 0 Å². The van der Waals surface area contributed by atoms with Crippen LogP contribution in [0, 0.1) is 0 Å². The summed E-state index contributed by atoms with van der Waals surface area (Å²) in [6.07, 6.45) is 2.90. The van der Waals surface area contributed by atoms with Crippen LogP contribution in [-0.2, 0) is 27.5 Å². The Morgan fingerprint density at radius 1 is 1.03 bits per heavy atom. The lowest BCUT2D eigenvalue weighted by molar-refractivity contribution is -0.121. The van der Waals surface area contributed by atoms with Crippen molar-refractivity contribution in [3.8, 4) is 0 Å². The molecular weight excluding hydrogens is 438 g/mol. The maximum absolute atomic E-state index is 12.8. The molecule has 1 aliphatic rings. The molecule has 1 aliphatic carbocycles. The van der Waals surface area contributed by atoms with Gasteiger partial charge in [-0.1, -0.05) is 29.8 Å². The van der Waals surface area contributed by atoms with E-state index in [9.17, 15) is 13.2 Å². The average Bonchev–Trinajstić information content (AvgIpc) is 3.42. The molecule has 7 heteroatoms. The number of amides is 1. The highest BCUT2D eigenvalue weighted by Gasteiger charge is 2.22. The van der Waals surface area contributed by atoms with Crippen LogP contribution < -0.4 is 5.32 Å². The smallest absolute Gasteiger partial charge is 0.221 e. The van der Waals surface area contributed by atoms with Gasteiger partial charge in [0.15, 0.2) is 9.84 Å². The van der Waals surface area contributed by atoms with Gasteiger partial charge >= 0.3 is 0 Å².